The zero-order valence-electron chi connectivity index (χ0n) is 12.8. The molecule has 2 N–H and O–H groups in total. The fourth-order valence-corrected chi connectivity index (χ4v) is 2.85. The Balaban J connectivity index is 2.00. The highest BCUT2D eigenvalue weighted by Crippen LogP contribution is 2.43. The quantitative estimate of drug-likeness (QED) is 0.804. The molecule has 1 aliphatic rings. The van der Waals surface area contributed by atoms with Gasteiger partial charge < -0.3 is 10.6 Å². The second-order valence-electron chi connectivity index (χ2n) is 5.87. The van der Waals surface area contributed by atoms with Crippen molar-refractivity contribution in [1.29, 1.82) is 0 Å². The maximum atomic E-state index is 12.3. The maximum Gasteiger partial charge on any atom is 0.253 e. The summed E-state index contributed by atoms with van der Waals surface area (Å²) >= 11 is 6.11. The molecule has 1 amide bonds. The lowest BCUT2D eigenvalue weighted by atomic mass is 9.67. The summed E-state index contributed by atoms with van der Waals surface area (Å²) in [7, 11) is 0. The molecule has 0 spiro atoms. The number of nitrogens with zero attached hydrogens (tertiary/aromatic N) is 1. The lowest BCUT2D eigenvalue weighted by molar-refractivity contribution is 0.0850. The van der Waals surface area contributed by atoms with Crippen molar-refractivity contribution in [1.82, 2.24) is 10.3 Å². The first kappa shape index (κ1) is 16.1. The highest BCUT2D eigenvalue weighted by molar-refractivity contribution is 6.33. The van der Waals surface area contributed by atoms with Crippen molar-refractivity contribution >= 4 is 23.3 Å². The van der Waals surface area contributed by atoms with Gasteiger partial charge in [-0.3, -0.25) is 4.79 Å². The fraction of sp³-hybridized carbons (Fsp3) is 0.625. The van der Waals surface area contributed by atoms with Gasteiger partial charge in [0.05, 0.1) is 10.6 Å². The van der Waals surface area contributed by atoms with Gasteiger partial charge in [0.1, 0.15) is 5.82 Å². The Morgan fingerprint density at radius 3 is 2.76 bits per heavy atom. The number of amides is 1. The van der Waals surface area contributed by atoms with E-state index in [2.05, 4.69) is 29.5 Å². The minimum absolute atomic E-state index is 0.110. The molecular weight excluding hydrogens is 286 g/mol. The molecule has 1 aromatic heterocycles. The Hall–Kier alpha value is -1.29. The number of nitrogens with one attached hydrogen (secondary N) is 2. The average Bonchev–Trinajstić information content (AvgIpc) is 2.45. The Morgan fingerprint density at radius 1 is 1.43 bits per heavy atom. The average molecular weight is 310 g/mol. The van der Waals surface area contributed by atoms with E-state index in [1.807, 2.05) is 0 Å². The summed E-state index contributed by atoms with van der Waals surface area (Å²) in [6.07, 6.45) is 7.33. The topological polar surface area (TPSA) is 54.0 Å². The number of hydrogen-bond acceptors (Lipinski definition) is 3. The number of pyridine rings is 1. The SMILES string of the molecule is CCCNc1cc(C(=O)NCC2(CC)CCC2)c(Cl)cn1. The Kier molecular flexibility index (Phi) is 5.45. The number of carbonyl (C=O) groups excluding carboxylic acids is 1. The van der Waals surface area contributed by atoms with Crippen molar-refractivity contribution in [3.8, 4) is 0 Å². The van der Waals surface area contributed by atoms with Gasteiger partial charge in [-0.2, -0.15) is 0 Å². The van der Waals surface area contributed by atoms with Crippen LogP contribution in [0.2, 0.25) is 5.02 Å². The predicted molar refractivity (Wildman–Crippen MR) is 86.9 cm³/mol. The van der Waals surface area contributed by atoms with Crippen LogP contribution in [0.4, 0.5) is 5.82 Å². The van der Waals surface area contributed by atoms with Gasteiger partial charge in [-0.15, -0.1) is 0 Å². The molecule has 0 aromatic carbocycles. The van der Waals surface area contributed by atoms with Gasteiger partial charge in [0.25, 0.3) is 5.91 Å². The summed E-state index contributed by atoms with van der Waals surface area (Å²) in [6, 6.07) is 1.73. The molecule has 1 fully saturated rings. The van der Waals surface area contributed by atoms with Crippen LogP contribution >= 0.6 is 11.6 Å². The Morgan fingerprint density at radius 2 is 2.19 bits per heavy atom. The monoisotopic (exact) mass is 309 g/mol. The van der Waals surface area contributed by atoms with Crippen LogP contribution in [0.15, 0.2) is 12.3 Å². The molecule has 21 heavy (non-hydrogen) atoms. The molecule has 2 rings (SSSR count). The number of carbonyl (C=O) groups is 1. The van der Waals surface area contributed by atoms with Crippen LogP contribution in [0.5, 0.6) is 0 Å². The molecule has 4 nitrogen and oxygen atoms in total. The van der Waals surface area contributed by atoms with Crippen LogP contribution in [-0.2, 0) is 0 Å². The van der Waals surface area contributed by atoms with E-state index < -0.39 is 0 Å². The lowest BCUT2D eigenvalue weighted by Crippen LogP contribution is -2.41. The molecule has 1 aromatic rings. The van der Waals surface area contributed by atoms with Crippen molar-refractivity contribution in [2.24, 2.45) is 5.41 Å². The van der Waals surface area contributed by atoms with Crippen LogP contribution in [-0.4, -0.2) is 24.0 Å². The van der Waals surface area contributed by atoms with Gasteiger partial charge in [-0.05, 0) is 37.2 Å². The molecule has 0 atom stereocenters. The highest BCUT2D eigenvalue weighted by Gasteiger charge is 2.35. The molecule has 5 heteroatoms. The first-order valence-corrected chi connectivity index (χ1v) is 8.15. The third-order valence-corrected chi connectivity index (χ3v) is 4.75. The molecule has 1 aliphatic carbocycles. The molecule has 116 valence electrons. The second kappa shape index (κ2) is 7.12. The summed E-state index contributed by atoms with van der Waals surface area (Å²) in [6.45, 7) is 5.84. The summed E-state index contributed by atoms with van der Waals surface area (Å²) in [5, 5.41) is 6.61. The number of rotatable bonds is 7. The minimum atomic E-state index is -0.110. The zero-order valence-corrected chi connectivity index (χ0v) is 13.6. The number of anilines is 1. The van der Waals surface area contributed by atoms with Gasteiger partial charge in [-0.1, -0.05) is 31.9 Å². The van der Waals surface area contributed by atoms with E-state index in [0.29, 0.717) is 21.8 Å². The third-order valence-electron chi connectivity index (χ3n) is 4.44. The zero-order chi connectivity index (χ0) is 15.3. The van der Waals surface area contributed by atoms with E-state index in [4.69, 9.17) is 11.6 Å². The lowest BCUT2D eigenvalue weighted by Gasteiger charge is -2.41. The molecule has 0 aliphatic heterocycles. The first-order valence-electron chi connectivity index (χ1n) is 7.78. The van der Waals surface area contributed by atoms with Crippen molar-refractivity contribution in [3.05, 3.63) is 22.8 Å². The molecule has 0 unspecified atom stereocenters. The van der Waals surface area contributed by atoms with Crippen molar-refractivity contribution in [2.75, 3.05) is 18.4 Å². The van der Waals surface area contributed by atoms with Gasteiger partial charge in [0, 0.05) is 19.3 Å². The van der Waals surface area contributed by atoms with Gasteiger partial charge in [0.15, 0.2) is 0 Å². The fourth-order valence-electron chi connectivity index (χ4n) is 2.66. The van der Waals surface area contributed by atoms with E-state index in [9.17, 15) is 4.79 Å². The molecule has 0 bridgehead atoms. The Labute approximate surface area is 131 Å². The van der Waals surface area contributed by atoms with Crippen molar-refractivity contribution in [3.63, 3.8) is 0 Å². The van der Waals surface area contributed by atoms with Crippen LogP contribution in [0.3, 0.4) is 0 Å². The molecule has 0 saturated heterocycles. The van der Waals surface area contributed by atoms with Gasteiger partial charge in [0.2, 0.25) is 0 Å². The van der Waals surface area contributed by atoms with Crippen LogP contribution in [0.25, 0.3) is 0 Å². The van der Waals surface area contributed by atoms with E-state index in [0.717, 1.165) is 25.9 Å². The summed E-state index contributed by atoms with van der Waals surface area (Å²) < 4.78 is 0. The molecule has 0 radical (unpaired) electrons. The van der Waals surface area contributed by atoms with E-state index in [1.54, 1.807) is 6.07 Å². The minimum Gasteiger partial charge on any atom is -0.370 e. The van der Waals surface area contributed by atoms with Gasteiger partial charge in [-0.25, -0.2) is 4.98 Å². The number of aromatic nitrogens is 1. The largest absolute Gasteiger partial charge is 0.370 e. The van der Waals surface area contributed by atoms with E-state index in [1.165, 1.54) is 25.5 Å². The molecule has 1 saturated carbocycles. The number of halogens is 1. The number of hydrogen-bond donors (Lipinski definition) is 2. The van der Waals surface area contributed by atoms with Crippen LogP contribution in [0, 0.1) is 5.41 Å². The normalized spacial score (nSPS) is 16.1. The highest BCUT2D eigenvalue weighted by atomic mass is 35.5. The van der Waals surface area contributed by atoms with E-state index >= 15 is 0 Å². The van der Waals surface area contributed by atoms with Gasteiger partial charge >= 0.3 is 0 Å². The van der Waals surface area contributed by atoms with E-state index in [-0.39, 0.29) is 5.91 Å². The van der Waals surface area contributed by atoms with Crippen molar-refractivity contribution < 1.29 is 4.79 Å². The standard InChI is InChI=1S/C16H24ClN3O/c1-3-8-18-14-9-12(13(17)10-19-14)15(21)20-11-16(4-2)6-5-7-16/h9-10H,3-8,11H2,1-2H3,(H,18,19)(H,20,21). The predicted octanol–water partition coefficient (Wildman–Crippen LogP) is 3.87. The maximum absolute atomic E-state index is 12.3. The summed E-state index contributed by atoms with van der Waals surface area (Å²) in [5.41, 5.74) is 0.800. The van der Waals surface area contributed by atoms with Crippen LogP contribution in [0.1, 0.15) is 56.3 Å². The van der Waals surface area contributed by atoms with Crippen molar-refractivity contribution in [2.45, 2.75) is 46.0 Å². The smallest absolute Gasteiger partial charge is 0.253 e. The molecule has 1 heterocycles. The third kappa shape index (κ3) is 3.88. The van der Waals surface area contributed by atoms with Crippen LogP contribution < -0.4 is 10.6 Å². The first-order chi connectivity index (χ1) is 10.1. The molecular formula is C16H24ClN3O. The Bertz CT molecular complexity index is 495. The summed E-state index contributed by atoms with van der Waals surface area (Å²) in [4.78, 5) is 16.5. The summed E-state index contributed by atoms with van der Waals surface area (Å²) in [5.74, 6) is 0.585. The second-order valence-corrected chi connectivity index (χ2v) is 6.27.